The van der Waals surface area contributed by atoms with Crippen LogP contribution in [-0.2, 0) is 27.2 Å². The molecule has 0 saturated carbocycles. The van der Waals surface area contributed by atoms with E-state index < -0.39 is 29.3 Å². The van der Waals surface area contributed by atoms with E-state index in [1.54, 1.807) is 41.5 Å². The van der Waals surface area contributed by atoms with Crippen LogP contribution < -0.4 is 11.1 Å². The minimum Gasteiger partial charge on any atom is -0.458 e. The highest BCUT2D eigenvalue weighted by atomic mass is 16.6. The van der Waals surface area contributed by atoms with Crippen LogP contribution in [0.15, 0.2) is 30.5 Å². The maximum Gasteiger partial charge on any atom is 0.408 e. The van der Waals surface area contributed by atoms with Gasteiger partial charge in [0.25, 0.3) is 0 Å². The fourth-order valence-corrected chi connectivity index (χ4v) is 3.17. The molecule has 0 fully saturated rings. The monoisotopic (exact) mass is 417 g/mol. The van der Waals surface area contributed by atoms with Crippen LogP contribution in [-0.4, -0.2) is 40.4 Å². The van der Waals surface area contributed by atoms with E-state index in [0.717, 1.165) is 29.4 Å². The Balaban J connectivity index is 2.32. The molecule has 166 valence electrons. The standard InChI is InChI=1S/C23H35N3O4/c1-22(2,3)29-20(27)18(25-21(28)30-23(4,5)6)14-16-15-26(13-9-12-24)19-11-8-7-10-17(16)19/h7-8,10-11,15,18H,9,12-14,24H2,1-6H3,(H,25,28)/t18-/m0/s1. The largest absolute Gasteiger partial charge is 0.458 e. The predicted octanol–water partition coefficient (Wildman–Crippen LogP) is 3.77. The van der Waals surface area contributed by atoms with Crippen LogP contribution in [0.4, 0.5) is 4.79 Å². The number of alkyl carbamates (subject to hydrolysis) is 1. The van der Waals surface area contributed by atoms with Gasteiger partial charge in [0.1, 0.15) is 17.2 Å². The number of para-hydroxylation sites is 1. The number of carbonyl (C=O) groups is 2. The molecule has 0 unspecified atom stereocenters. The molecule has 1 amide bonds. The van der Waals surface area contributed by atoms with E-state index in [9.17, 15) is 9.59 Å². The number of nitrogens with two attached hydrogens (primary N) is 1. The van der Waals surface area contributed by atoms with E-state index >= 15 is 0 Å². The average molecular weight is 418 g/mol. The van der Waals surface area contributed by atoms with Crippen molar-refractivity contribution in [2.45, 2.75) is 78.2 Å². The maximum atomic E-state index is 12.9. The minimum atomic E-state index is -0.868. The molecule has 0 bridgehead atoms. The molecule has 1 atom stereocenters. The molecule has 0 aliphatic heterocycles. The van der Waals surface area contributed by atoms with Crippen molar-refractivity contribution >= 4 is 23.0 Å². The quantitative estimate of drug-likeness (QED) is 0.669. The Kier molecular flexibility index (Phi) is 7.53. The third-order valence-corrected chi connectivity index (χ3v) is 4.28. The van der Waals surface area contributed by atoms with Crippen molar-refractivity contribution in [3.8, 4) is 0 Å². The van der Waals surface area contributed by atoms with E-state index in [2.05, 4.69) is 9.88 Å². The number of nitrogens with zero attached hydrogens (tertiary/aromatic N) is 1. The van der Waals surface area contributed by atoms with Crippen LogP contribution in [0.25, 0.3) is 10.9 Å². The van der Waals surface area contributed by atoms with Crippen molar-refractivity contribution < 1.29 is 19.1 Å². The van der Waals surface area contributed by atoms with Crippen LogP contribution in [0.1, 0.15) is 53.5 Å². The van der Waals surface area contributed by atoms with Gasteiger partial charge in [-0.05, 0) is 66.1 Å². The molecule has 7 nitrogen and oxygen atoms in total. The molecule has 7 heteroatoms. The number of hydrogen-bond acceptors (Lipinski definition) is 5. The zero-order valence-electron chi connectivity index (χ0n) is 19.0. The molecule has 0 aliphatic rings. The Labute approximate surface area is 178 Å². The second-order valence-electron chi connectivity index (χ2n) is 9.44. The number of amides is 1. The summed E-state index contributed by atoms with van der Waals surface area (Å²) in [4.78, 5) is 25.2. The third kappa shape index (κ3) is 7.06. The highest BCUT2D eigenvalue weighted by Crippen LogP contribution is 2.24. The van der Waals surface area contributed by atoms with Gasteiger partial charge in [0.2, 0.25) is 0 Å². The molecular weight excluding hydrogens is 382 g/mol. The molecule has 0 saturated heterocycles. The predicted molar refractivity (Wildman–Crippen MR) is 118 cm³/mol. The lowest BCUT2D eigenvalue weighted by atomic mass is 10.0. The van der Waals surface area contributed by atoms with Gasteiger partial charge in [-0.25, -0.2) is 9.59 Å². The Hall–Kier alpha value is -2.54. The number of hydrogen-bond donors (Lipinski definition) is 2. The number of rotatable bonds is 7. The Bertz CT molecular complexity index is 875. The van der Waals surface area contributed by atoms with E-state index in [1.165, 1.54) is 0 Å². The summed E-state index contributed by atoms with van der Waals surface area (Å²) in [5.74, 6) is -0.493. The first-order valence-electron chi connectivity index (χ1n) is 10.4. The molecule has 30 heavy (non-hydrogen) atoms. The number of benzene rings is 1. The van der Waals surface area contributed by atoms with Crippen molar-refractivity contribution in [1.82, 2.24) is 9.88 Å². The summed E-state index contributed by atoms with van der Waals surface area (Å²) in [5, 5.41) is 3.73. The lowest BCUT2D eigenvalue weighted by Gasteiger charge is -2.26. The SMILES string of the molecule is CC(C)(C)OC(=O)N[C@@H](Cc1cn(CCCN)c2ccccc12)C(=O)OC(C)(C)C. The normalized spacial score (nSPS) is 13.2. The maximum absolute atomic E-state index is 12.9. The summed E-state index contributed by atoms with van der Waals surface area (Å²) in [6.45, 7) is 12.1. The summed E-state index contributed by atoms with van der Waals surface area (Å²) in [6.07, 6.45) is 2.52. The smallest absolute Gasteiger partial charge is 0.408 e. The van der Waals surface area contributed by atoms with Crippen LogP contribution in [0.5, 0.6) is 0 Å². The van der Waals surface area contributed by atoms with Gasteiger partial charge in [-0.3, -0.25) is 0 Å². The average Bonchev–Trinajstić information content (AvgIpc) is 2.94. The number of esters is 1. The highest BCUT2D eigenvalue weighted by Gasteiger charge is 2.29. The number of carbonyl (C=O) groups excluding carboxylic acids is 2. The van der Waals surface area contributed by atoms with E-state index in [-0.39, 0.29) is 0 Å². The lowest BCUT2D eigenvalue weighted by Crippen LogP contribution is -2.47. The Morgan fingerprint density at radius 2 is 1.70 bits per heavy atom. The Morgan fingerprint density at radius 1 is 1.07 bits per heavy atom. The third-order valence-electron chi connectivity index (χ3n) is 4.28. The number of fused-ring (bicyclic) bond motifs is 1. The Morgan fingerprint density at radius 3 is 2.30 bits per heavy atom. The first-order chi connectivity index (χ1) is 13.9. The molecule has 1 aromatic heterocycles. The zero-order chi connectivity index (χ0) is 22.5. The summed E-state index contributed by atoms with van der Waals surface area (Å²) >= 11 is 0. The van der Waals surface area contributed by atoms with Gasteiger partial charge in [0.05, 0.1) is 0 Å². The molecular formula is C23H35N3O4. The molecule has 0 radical (unpaired) electrons. The second-order valence-corrected chi connectivity index (χ2v) is 9.44. The number of aryl methyl sites for hydroxylation is 1. The van der Waals surface area contributed by atoms with Gasteiger partial charge in [-0.2, -0.15) is 0 Å². The lowest BCUT2D eigenvalue weighted by molar-refractivity contribution is -0.157. The van der Waals surface area contributed by atoms with Crippen molar-refractivity contribution in [3.63, 3.8) is 0 Å². The fourth-order valence-electron chi connectivity index (χ4n) is 3.17. The van der Waals surface area contributed by atoms with Gasteiger partial charge >= 0.3 is 12.1 Å². The van der Waals surface area contributed by atoms with Crippen molar-refractivity contribution in [1.29, 1.82) is 0 Å². The van der Waals surface area contributed by atoms with Gasteiger partial charge in [0.15, 0.2) is 0 Å². The summed E-state index contributed by atoms with van der Waals surface area (Å²) in [6, 6.07) is 7.13. The highest BCUT2D eigenvalue weighted by molar-refractivity contribution is 5.86. The van der Waals surface area contributed by atoms with Gasteiger partial charge < -0.3 is 25.1 Å². The number of aromatic nitrogens is 1. The minimum absolute atomic E-state index is 0.296. The van der Waals surface area contributed by atoms with Crippen molar-refractivity contribution in [3.05, 3.63) is 36.0 Å². The molecule has 0 aliphatic carbocycles. The van der Waals surface area contributed by atoms with Crippen LogP contribution in [0.2, 0.25) is 0 Å². The van der Waals surface area contributed by atoms with Crippen molar-refractivity contribution in [2.75, 3.05) is 6.54 Å². The molecule has 3 N–H and O–H groups in total. The number of ether oxygens (including phenoxy) is 2. The van der Waals surface area contributed by atoms with E-state index in [0.29, 0.717) is 13.0 Å². The first-order valence-corrected chi connectivity index (χ1v) is 10.4. The molecule has 1 heterocycles. The molecule has 2 rings (SSSR count). The molecule has 1 aromatic carbocycles. The summed E-state index contributed by atoms with van der Waals surface area (Å²) < 4.78 is 13.0. The molecule has 2 aromatic rings. The number of nitrogens with one attached hydrogen (secondary N) is 1. The molecule has 0 spiro atoms. The van der Waals surface area contributed by atoms with Crippen LogP contribution >= 0.6 is 0 Å². The topological polar surface area (TPSA) is 95.6 Å². The fraction of sp³-hybridized carbons (Fsp3) is 0.565. The van der Waals surface area contributed by atoms with Gasteiger partial charge in [-0.15, -0.1) is 0 Å². The first kappa shape index (κ1) is 23.7. The van der Waals surface area contributed by atoms with E-state index in [1.807, 2.05) is 30.5 Å². The van der Waals surface area contributed by atoms with Gasteiger partial charge in [-0.1, -0.05) is 18.2 Å². The second kappa shape index (κ2) is 9.51. The van der Waals surface area contributed by atoms with Gasteiger partial charge in [0, 0.05) is 30.1 Å². The summed E-state index contributed by atoms with van der Waals surface area (Å²) in [7, 11) is 0. The van der Waals surface area contributed by atoms with E-state index in [4.69, 9.17) is 15.2 Å². The summed E-state index contributed by atoms with van der Waals surface area (Å²) in [5.41, 5.74) is 6.37. The van der Waals surface area contributed by atoms with Crippen LogP contribution in [0, 0.1) is 0 Å². The zero-order valence-corrected chi connectivity index (χ0v) is 19.0. The van der Waals surface area contributed by atoms with Crippen molar-refractivity contribution in [2.24, 2.45) is 5.73 Å². The van der Waals surface area contributed by atoms with Crippen LogP contribution in [0.3, 0.4) is 0 Å².